The number of hydrogen-bond acceptors (Lipinski definition) is 3. The van der Waals surface area contributed by atoms with E-state index in [0.29, 0.717) is 12.6 Å². The molecule has 0 radical (unpaired) electrons. The molecule has 60 valence electrons. The van der Waals surface area contributed by atoms with Crippen molar-refractivity contribution in [2.24, 2.45) is 0 Å². The summed E-state index contributed by atoms with van der Waals surface area (Å²) < 4.78 is 0. The Morgan fingerprint density at radius 1 is 1.60 bits per heavy atom. The molecule has 0 aromatic heterocycles. The molecule has 0 spiro atoms. The van der Waals surface area contributed by atoms with Crippen molar-refractivity contribution in [3.63, 3.8) is 0 Å². The highest BCUT2D eigenvalue weighted by Crippen LogP contribution is 2.18. The lowest BCUT2D eigenvalue weighted by Gasteiger charge is -2.32. The second-order valence-electron chi connectivity index (χ2n) is 3.08. The van der Waals surface area contributed by atoms with Crippen LogP contribution in [0.2, 0.25) is 0 Å². The summed E-state index contributed by atoms with van der Waals surface area (Å²) in [7, 11) is 0. The molecule has 3 nitrogen and oxygen atoms in total. The molecule has 1 saturated carbocycles. The summed E-state index contributed by atoms with van der Waals surface area (Å²) in [6, 6.07) is 0.435. The van der Waals surface area contributed by atoms with E-state index in [2.05, 4.69) is 5.32 Å². The fourth-order valence-electron chi connectivity index (χ4n) is 1.09. The zero-order valence-corrected chi connectivity index (χ0v) is 6.25. The van der Waals surface area contributed by atoms with E-state index in [0.717, 1.165) is 12.8 Å². The van der Waals surface area contributed by atoms with E-state index in [1.165, 1.54) is 0 Å². The quantitative estimate of drug-likeness (QED) is 0.501. The van der Waals surface area contributed by atoms with E-state index >= 15 is 0 Å². The molecule has 10 heavy (non-hydrogen) atoms. The number of aliphatic hydroxyl groups is 2. The van der Waals surface area contributed by atoms with Gasteiger partial charge in [0, 0.05) is 12.6 Å². The molecule has 1 atom stereocenters. The van der Waals surface area contributed by atoms with Crippen LogP contribution in [0.3, 0.4) is 0 Å². The van der Waals surface area contributed by atoms with Crippen LogP contribution in [0.4, 0.5) is 0 Å². The first kappa shape index (κ1) is 7.98. The Labute approximate surface area is 61.1 Å². The predicted molar refractivity (Wildman–Crippen MR) is 38.7 cm³/mol. The summed E-state index contributed by atoms with van der Waals surface area (Å²) >= 11 is 0. The van der Waals surface area contributed by atoms with Crippen LogP contribution in [0.15, 0.2) is 0 Å². The Hall–Kier alpha value is -0.120. The lowest BCUT2D eigenvalue weighted by atomic mass is 9.89. The highest BCUT2D eigenvalue weighted by atomic mass is 16.3. The van der Waals surface area contributed by atoms with Gasteiger partial charge in [-0.05, 0) is 19.8 Å². The molecule has 0 amide bonds. The molecule has 3 N–H and O–H groups in total. The van der Waals surface area contributed by atoms with Gasteiger partial charge in [-0.2, -0.15) is 0 Å². The van der Waals surface area contributed by atoms with E-state index in [1.54, 1.807) is 6.92 Å². The van der Waals surface area contributed by atoms with Gasteiger partial charge in [-0.25, -0.2) is 0 Å². The molecule has 0 aromatic carbocycles. The third kappa shape index (κ3) is 2.25. The molecule has 0 aliphatic heterocycles. The Morgan fingerprint density at radius 2 is 2.20 bits per heavy atom. The van der Waals surface area contributed by atoms with Crippen molar-refractivity contribution in [2.45, 2.75) is 38.0 Å². The van der Waals surface area contributed by atoms with Crippen LogP contribution in [-0.2, 0) is 0 Å². The molecular weight excluding hydrogens is 130 g/mol. The highest BCUT2D eigenvalue weighted by molar-refractivity contribution is 4.84. The molecule has 0 saturated heterocycles. The van der Waals surface area contributed by atoms with Gasteiger partial charge in [0.2, 0.25) is 0 Å². The van der Waals surface area contributed by atoms with Gasteiger partial charge < -0.3 is 15.5 Å². The van der Waals surface area contributed by atoms with Crippen LogP contribution in [0, 0.1) is 0 Å². The first-order valence-electron chi connectivity index (χ1n) is 3.78. The van der Waals surface area contributed by atoms with Crippen molar-refractivity contribution in [1.29, 1.82) is 0 Å². The van der Waals surface area contributed by atoms with Crippen LogP contribution < -0.4 is 5.32 Å². The van der Waals surface area contributed by atoms with E-state index in [1.807, 2.05) is 0 Å². The second kappa shape index (κ2) is 3.32. The van der Waals surface area contributed by atoms with Gasteiger partial charge in [-0.1, -0.05) is 0 Å². The summed E-state index contributed by atoms with van der Waals surface area (Å²) in [5.74, 6) is 0. The topological polar surface area (TPSA) is 52.5 Å². The van der Waals surface area contributed by atoms with Crippen molar-refractivity contribution in [3.8, 4) is 0 Å². The van der Waals surface area contributed by atoms with Crippen molar-refractivity contribution < 1.29 is 10.2 Å². The van der Waals surface area contributed by atoms with Crippen LogP contribution in [0.25, 0.3) is 0 Å². The van der Waals surface area contributed by atoms with Gasteiger partial charge in [0.15, 0.2) is 0 Å². The van der Waals surface area contributed by atoms with Gasteiger partial charge >= 0.3 is 0 Å². The van der Waals surface area contributed by atoms with Gasteiger partial charge in [0.05, 0.1) is 12.2 Å². The average Bonchev–Trinajstić information content (AvgIpc) is 1.77. The molecule has 3 heteroatoms. The third-order valence-corrected chi connectivity index (χ3v) is 1.82. The van der Waals surface area contributed by atoms with E-state index in [4.69, 9.17) is 10.2 Å². The minimum atomic E-state index is -0.280. The maximum atomic E-state index is 8.88. The molecule has 0 unspecified atom stereocenters. The lowest BCUT2D eigenvalue weighted by Crippen LogP contribution is -2.46. The second-order valence-corrected chi connectivity index (χ2v) is 3.08. The van der Waals surface area contributed by atoms with Crippen LogP contribution >= 0.6 is 0 Å². The monoisotopic (exact) mass is 145 g/mol. The normalized spacial score (nSPS) is 35.1. The minimum Gasteiger partial charge on any atom is -0.393 e. The van der Waals surface area contributed by atoms with E-state index < -0.39 is 0 Å². The van der Waals surface area contributed by atoms with Crippen LogP contribution in [0.1, 0.15) is 19.8 Å². The Balaban J connectivity index is 1.95. The first-order valence-corrected chi connectivity index (χ1v) is 3.78. The number of rotatable bonds is 3. The summed E-state index contributed by atoms with van der Waals surface area (Å²) in [4.78, 5) is 0. The molecule has 1 aliphatic carbocycles. The largest absolute Gasteiger partial charge is 0.393 e. The van der Waals surface area contributed by atoms with Gasteiger partial charge in [-0.15, -0.1) is 0 Å². The maximum Gasteiger partial charge on any atom is 0.0636 e. The number of nitrogens with one attached hydrogen (secondary N) is 1. The van der Waals surface area contributed by atoms with Crippen molar-refractivity contribution >= 4 is 0 Å². The highest BCUT2D eigenvalue weighted by Gasteiger charge is 2.26. The lowest BCUT2D eigenvalue weighted by molar-refractivity contribution is 0.0565. The van der Waals surface area contributed by atoms with Crippen molar-refractivity contribution in [3.05, 3.63) is 0 Å². The van der Waals surface area contributed by atoms with E-state index in [-0.39, 0.29) is 12.2 Å². The van der Waals surface area contributed by atoms with Crippen molar-refractivity contribution in [1.82, 2.24) is 5.32 Å². The van der Waals surface area contributed by atoms with Gasteiger partial charge in [0.1, 0.15) is 0 Å². The molecule has 1 fully saturated rings. The minimum absolute atomic E-state index is 0.105. The van der Waals surface area contributed by atoms with E-state index in [9.17, 15) is 0 Å². The SMILES string of the molecule is C[C@@H](O)CNC1CC(O)C1. The fourth-order valence-corrected chi connectivity index (χ4v) is 1.09. The molecule has 0 aromatic rings. The van der Waals surface area contributed by atoms with Gasteiger partial charge in [0.25, 0.3) is 0 Å². The first-order chi connectivity index (χ1) is 4.68. The summed E-state index contributed by atoms with van der Waals surface area (Å²) in [6.07, 6.45) is 1.30. The molecular formula is C7H15NO2. The maximum absolute atomic E-state index is 8.88. The molecule has 0 heterocycles. The smallest absolute Gasteiger partial charge is 0.0636 e. The van der Waals surface area contributed by atoms with Crippen LogP contribution in [-0.4, -0.2) is 35.0 Å². The zero-order chi connectivity index (χ0) is 7.56. The zero-order valence-electron chi connectivity index (χ0n) is 6.25. The standard InChI is InChI=1S/C7H15NO2/c1-5(9)4-8-6-2-7(10)3-6/h5-10H,2-4H2,1H3/t5-,6?,7?/m1/s1. The Bertz CT molecular complexity index is 99.8. The summed E-state index contributed by atoms with van der Waals surface area (Å²) in [6.45, 7) is 2.39. The van der Waals surface area contributed by atoms with Gasteiger partial charge in [-0.3, -0.25) is 0 Å². The third-order valence-electron chi connectivity index (χ3n) is 1.82. The average molecular weight is 145 g/mol. The molecule has 0 bridgehead atoms. The predicted octanol–water partition coefficient (Wildman–Crippen LogP) is -0.520. The van der Waals surface area contributed by atoms with Crippen LogP contribution in [0.5, 0.6) is 0 Å². The molecule has 1 aliphatic rings. The number of hydrogen-bond donors (Lipinski definition) is 3. The summed E-state index contributed by atoms with van der Waals surface area (Å²) in [5, 5.41) is 20.9. The molecule has 1 rings (SSSR count). The Kier molecular flexibility index (Phi) is 2.65. The summed E-state index contributed by atoms with van der Waals surface area (Å²) in [5.41, 5.74) is 0. The van der Waals surface area contributed by atoms with Crippen molar-refractivity contribution in [2.75, 3.05) is 6.54 Å². The fraction of sp³-hybridized carbons (Fsp3) is 1.00. The Morgan fingerprint density at radius 3 is 2.60 bits per heavy atom. The number of aliphatic hydroxyl groups excluding tert-OH is 2.